The van der Waals surface area contributed by atoms with Crippen molar-refractivity contribution >= 4 is 0 Å². The maximum absolute atomic E-state index is 11.0. The number of aliphatic hydroxyl groups excluding tert-OH is 5. The van der Waals surface area contributed by atoms with Gasteiger partial charge in [0.2, 0.25) is 0 Å². The zero-order valence-corrected chi connectivity index (χ0v) is 18.4. The highest BCUT2D eigenvalue weighted by atomic mass is 16.7. The molecule has 1 aliphatic carbocycles. The third kappa shape index (κ3) is 5.82. The van der Waals surface area contributed by atoms with Gasteiger partial charge in [0.05, 0.1) is 36.5 Å². The van der Waals surface area contributed by atoms with E-state index in [1.807, 2.05) is 0 Å². The number of hydrogen-bond donors (Lipinski definition) is 10. The standard InChI is InChI=1S/C19H39N5O9/c20-5-11-9(26)4-8(23)18(31-11)32-16-6(21)3-7(22)17(15(16)29)33-19-14(28)12(24)13(27)10(30-19)1-2-25/h6-19,25-29H,1-5,20-24H2. The molecule has 3 aliphatic rings. The summed E-state index contributed by atoms with van der Waals surface area (Å²) in [5, 5.41) is 50.9. The zero-order chi connectivity index (χ0) is 24.4. The summed E-state index contributed by atoms with van der Waals surface area (Å²) in [4.78, 5) is 0. The molecule has 2 heterocycles. The lowest BCUT2D eigenvalue weighted by Crippen LogP contribution is -2.68. The Labute approximate surface area is 191 Å². The van der Waals surface area contributed by atoms with Crippen molar-refractivity contribution in [1.29, 1.82) is 0 Å². The van der Waals surface area contributed by atoms with Gasteiger partial charge in [0, 0.05) is 25.2 Å². The Morgan fingerprint density at radius 2 is 1.30 bits per heavy atom. The maximum Gasteiger partial charge on any atom is 0.186 e. The average Bonchev–Trinajstić information content (AvgIpc) is 2.76. The van der Waals surface area contributed by atoms with Gasteiger partial charge in [0.1, 0.15) is 24.4 Å². The molecule has 0 spiro atoms. The lowest BCUT2D eigenvalue weighted by Gasteiger charge is -2.48. The summed E-state index contributed by atoms with van der Waals surface area (Å²) >= 11 is 0. The van der Waals surface area contributed by atoms with Crippen LogP contribution in [0.25, 0.3) is 0 Å². The van der Waals surface area contributed by atoms with Gasteiger partial charge >= 0.3 is 0 Å². The van der Waals surface area contributed by atoms with Crippen molar-refractivity contribution in [2.45, 2.75) is 105 Å². The third-order valence-corrected chi connectivity index (χ3v) is 6.65. The molecule has 0 radical (unpaired) electrons. The number of aliphatic hydroxyl groups is 5. The lowest BCUT2D eigenvalue weighted by atomic mass is 9.84. The molecule has 1 saturated carbocycles. The largest absolute Gasteiger partial charge is 0.396 e. The van der Waals surface area contributed by atoms with Crippen LogP contribution < -0.4 is 28.7 Å². The van der Waals surface area contributed by atoms with Crippen LogP contribution in [0.1, 0.15) is 19.3 Å². The number of nitrogens with two attached hydrogens (primary N) is 5. The van der Waals surface area contributed by atoms with Gasteiger partial charge in [-0.1, -0.05) is 0 Å². The van der Waals surface area contributed by atoms with Gasteiger partial charge in [-0.15, -0.1) is 0 Å². The Morgan fingerprint density at radius 1 is 0.727 bits per heavy atom. The molecule has 14 heteroatoms. The van der Waals surface area contributed by atoms with Gasteiger partial charge in [-0.05, 0) is 19.3 Å². The fraction of sp³-hybridized carbons (Fsp3) is 1.00. The van der Waals surface area contributed by atoms with Crippen LogP contribution in [-0.4, -0.2) is 124 Å². The van der Waals surface area contributed by atoms with E-state index in [0.717, 1.165) is 0 Å². The van der Waals surface area contributed by atoms with Crippen LogP contribution in [0.2, 0.25) is 0 Å². The first-order chi connectivity index (χ1) is 15.6. The van der Waals surface area contributed by atoms with E-state index < -0.39 is 85.6 Å². The van der Waals surface area contributed by atoms with Gasteiger partial charge in [0.15, 0.2) is 12.6 Å². The summed E-state index contributed by atoms with van der Waals surface area (Å²) in [6, 6.07) is -3.19. The lowest BCUT2D eigenvalue weighted by molar-refractivity contribution is -0.313. The summed E-state index contributed by atoms with van der Waals surface area (Å²) in [6.07, 6.45) is -10.2. The molecular formula is C19H39N5O9. The molecule has 33 heavy (non-hydrogen) atoms. The smallest absolute Gasteiger partial charge is 0.186 e. The Hall–Kier alpha value is -0.560. The summed E-state index contributed by atoms with van der Waals surface area (Å²) in [7, 11) is 0. The molecule has 0 bridgehead atoms. The van der Waals surface area contributed by atoms with Crippen molar-refractivity contribution in [2.75, 3.05) is 13.2 Å². The van der Waals surface area contributed by atoms with Crippen molar-refractivity contribution in [3.05, 3.63) is 0 Å². The SMILES string of the molecule is NCC1OC(OC2C(N)CC(N)C(OC3OC(CCO)C(O)C(N)C3O)C2O)C(N)CC1O. The molecule has 3 fully saturated rings. The molecule has 0 amide bonds. The fourth-order valence-electron chi connectivity index (χ4n) is 4.64. The third-order valence-electron chi connectivity index (χ3n) is 6.65. The van der Waals surface area contributed by atoms with E-state index in [1.165, 1.54) is 0 Å². The summed E-state index contributed by atoms with van der Waals surface area (Å²) in [6.45, 7) is -0.213. The second-order valence-electron chi connectivity index (χ2n) is 9.11. The van der Waals surface area contributed by atoms with Crippen molar-refractivity contribution in [2.24, 2.45) is 28.7 Å². The molecule has 14 nitrogen and oxygen atoms in total. The minimum Gasteiger partial charge on any atom is -0.396 e. The number of rotatable bonds is 7. The maximum atomic E-state index is 11.0. The number of ether oxygens (including phenoxy) is 4. The van der Waals surface area contributed by atoms with Crippen molar-refractivity contribution in [3.63, 3.8) is 0 Å². The molecule has 2 aliphatic heterocycles. The molecule has 14 atom stereocenters. The van der Waals surface area contributed by atoms with Crippen LogP contribution in [0, 0.1) is 0 Å². The topological polar surface area (TPSA) is 268 Å². The zero-order valence-electron chi connectivity index (χ0n) is 18.4. The molecule has 15 N–H and O–H groups in total. The molecule has 194 valence electrons. The molecule has 2 saturated heterocycles. The van der Waals surface area contributed by atoms with E-state index in [4.69, 9.17) is 47.6 Å². The Balaban J connectivity index is 1.70. The molecular weight excluding hydrogens is 442 g/mol. The minimum atomic E-state index is -1.41. The van der Waals surface area contributed by atoms with E-state index in [9.17, 15) is 25.5 Å². The van der Waals surface area contributed by atoms with Crippen LogP contribution in [0.3, 0.4) is 0 Å². The van der Waals surface area contributed by atoms with Gasteiger partial charge in [-0.3, -0.25) is 0 Å². The Bertz CT molecular complexity index is 624. The monoisotopic (exact) mass is 481 g/mol. The first-order valence-corrected chi connectivity index (χ1v) is 11.3. The highest BCUT2D eigenvalue weighted by Gasteiger charge is 2.50. The molecule has 0 aromatic carbocycles. The van der Waals surface area contributed by atoms with Crippen LogP contribution >= 0.6 is 0 Å². The Kier molecular flexibility index (Phi) is 9.38. The second-order valence-corrected chi connectivity index (χ2v) is 9.11. The highest BCUT2D eigenvalue weighted by molar-refractivity contribution is 5.01. The summed E-state index contributed by atoms with van der Waals surface area (Å²) in [5.74, 6) is 0. The summed E-state index contributed by atoms with van der Waals surface area (Å²) in [5.41, 5.74) is 29.9. The Morgan fingerprint density at radius 3 is 1.88 bits per heavy atom. The highest BCUT2D eigenvalue weighted by Crippen LogP contribution is 2.31. The second kappa shape index (κ2) is 11.5. The van der Waals surface area contributed by atoms with Gasteiger partial charge in [-0.2, -0.15) is 0 Å². The molecule has 0 aromatic rings. The van der Waals surface area contributed by atoms with E-state index in [0.29, 0.717) is 0 Å². The molecule has 14 unspecified atom stereocenters. The summed E-state index contributed by atoms with van der Waals surface area (Å²) < 4.78 is 23.0. The first-order valence-electron chi connectivity index (χ1n) is 11.3. The average molecular weight is 482 g/mol. The van der Waals surface area contributed by atoms with E-state index in [1.54, 1.807) is 0 Å². The van der Waals surface area contributed by atoms with Gasteiger partial charge < -0.3 is 73.1 Å². The van der Waals surface area contributed by atoms with Crippen molar-refractivity contribution < 1.29 is 44.5 Å². The van der Waals surface area contributed by atoms with E-state index in [-0.39, 0.29) is 32.4 Å². The van der Waals surface area contributed by atoms with Crippen LogP contribution in [0.4, 0.5) is 0 Å². The normalized spacial score (nSPS) is 51.5. The first kappa shape index (κ1) is 27.0. The molecule has 0 aromatic heterocycles. The van der Waals surface area contributed by atoms with Crippen molar-refractivity contribution in [1.82, 2.24) is 0 Å². The van der Waals surface area contributed by atoms with Crippen LogP contribution in [0.5, 0.6) is 0 Å². The molecule has 3 rings (SSSR count). The fourth-order valence-corrected chi connectivity index (χ4v) is 4.64. The minimum absolute atomic E-state index is 0.0572. The van der Waals surface area contributed by atoms with Gasteiger partial charge in [-0.25, -0.2) is 0 Å². The quantitative estimate of drug-likeness (QED) is 0.162. The predicted molar refractivity (Wildman–Crippen MR) is 113 cm³/mol. The van der Waals surface area contributed by atoms with Crippen molar-refractivity contribution in [3.8, 4) is 0 Å². The number of hydrogen-bond acceptors (Lipinski definition) is 14. The van der Waals surface area contributed by atoms with E-state index >= 15 is 0 Å². The van der Waals surface area contributed by atoms with Crippen LogP contribution in [-0.2, 0) is 18.9 Å². The van der Waals surface area contributed by atoms with Gasteiger partial charge in [0.25, 0.3) is 0 Å². The van der Waals surface area contributed by atoms with Crippen LogP contribution in [0.15, 0.2) is 0 Å². The van der Waals surface area contributed by atoms with E-state index in [2.05, 4.69) is 0 Å². The predicted octanol–water partition coefficient (Wildman–Crippen LogP) is -5.91.